The third-order valence-electron chi connectivity index (χ3n) is 7.59. The van der Waals surface area contributed by atoms with E-state index in [4.69, 9.17) is 9.72 Å². The van der Waals surface area contributed by atoms with Gasteiger partial charge in [0.1, 0.15) is 5.52 Å². The second-order valence-corrected chi connectivity index (χ2v) is 10.9. The summed E-state index contributed by atoms with van der Waals surface area (Å²) in [6.07, 6.45) is 2.89. The quantitative estimate of drug-likeness (QED) is 0.324. The molecule has 0 amide bonds. The van der Waals surface area contributed by atoms with Crippen LogP contribution in [0.2, 0.25) is 0 Å². The lowest BCUT2D eigenvalue weighted by molar-refractivity contribution is -0.137. The topological polar surface area (TPSA) is 58.6 Å². The molecule has 6 nitrogen and oxygen atoms in total. The molecular weight excluding hydrogens is 561 g/mol. The van der Waals surface area contributed by atoms with Crippen LogP contribution >= 0.6 is 15.9 Å². The second kappa shape index (κ2) is 11.3. The fourth-order valence-corrected chi connectivity index (χ4v) is 5.98. The maximum atomic E-state index is 13.6. The molecule has 0 spiro atoms. The number of fused-ring (bicyclic) bond motifs is 1. The summed E-state index contributed by atoms with van der Waals surface area (Å²) in [6, 6.07) is 7.35. The van der Waals surface area contributed by atoms with Gasteiger partial charge < -0.3 is 9.64 Å². The van der Waals surface area contributed by atoms with Crippen LogP contribution < -0.4 is 0 Å². The van der Waals surface area contributed by atoms with Crippen LogP contribution in [0.25, 0.3) is 22.3 Å². The van der Waals surface area contributed by atoms with Crippen molar-refractivity contribution in [2.75, 3.05) is 33.3 Å². The number of likely N-dealkylation sites (tertiary alicyclic amines) is 2. The van der Waals surface area contributed by atoms with Crippen LogP contribution in [0.4, 0.5) is 13.2 Å². The Morgan fingerprint density at radius 3 is 2.53 bits per heavy atom. The van der Waals surface area contributed by atoms with Crippen molar-refractivity contribution in [3.63, 3.8) is 0 Å². The largest absolute Gasteiger partial charge is 0.465 e. The fourth-order valence-electron chi connectivity index (χ4n) is 5.66. The van der Waals surface area contributed by atoms with Crippen LogP contribution in [0.1, 0.15) is 53.6 Å². The standard InChI is InChI=1S/C28H30BrF3N4O2/c1-38-27(37)24-22(17-35-12-8-21(9-13-35)36-10-3-2-4-11-36)25(34-23-15-20(29)16-33-26(23)24)18-6-5-7-19(14-18)28(30,31)32/h5-7,14-16,21H,2-4,8-13,17H2,1H3. The van der Waals surface area contributed by atoms with Gasteiger partial charge in [0.05, 0.1) is 29.4 Å². The summed E-state index contributed by atoms with van der Waals surface area (Å²) in [5.74, 6) is -0.585. The Kier molecular flexibility index (Phi) is 8.02. The summed E-state index contributed by atoms with van der Waals surface area (Å²) in [6.45, 7) is 4.31. The van der Waals surface area contributed by atoms with Crippen molar-refractivity contribution in [1.82, 2.24) is 19.8 Å². The Balaban J connectivity index is 1.56. The molecule has 0 radical (unpaired) electrons. The molecule has 2 aliphatic rings. The van der Waals surface area contributed by atoms with Gasteiger partial charge in [-0.2, -0.15) is 13.2 Å². The van der Waals surface area contributed by atoms with Crippen molar-refractivity contribution in [1.29, 1.82) is 0 Å². The van der Waals surface area contributed by atoms with Crippen molar-refractivity contribution in [3.8, 4) is 11.3 Å². The zero-order valence-electron chi connectivity index (χ0n) is 21.2. The molecule has 202 valence electrons. The highest BCUT2D eigenvalue weighted by atomic mass is 79.9. The highest BCUT2D eigenvalue weighted by Gasteiger charge is 2.32. The molecule has 0 unspecified atom stereocenters. The summed E-state index contributed by atoms with van der Waals surface area (Å²) >= 11 is 3.39. The molecule has 0 bridgehead atoms. The predicted octanol–water partition coefficient (Wildman–Crippen LogP) is 6.32. The molecule has 4 heterocycles. The monoisotopic (exact) mass is 590 g/mol. The Labute approximate surface area is 228 Å². The lowest BCUT2D eigenvalue weighted by atomic mass is 9.95. The van der Waals surface area contributed by atoms with E-state index in [1.807, 2.05) is 0 Å². The number of pyridine rings is 2. The molecule has 2 saturated heterocycles. The van der Waals surface area contributed by atoms with E-state index in [9.17, 15) is 18.0 Å². The van der Waals surface area contributed by atoms with Gasteiger partial charge in [0.25, 0.3) is 0 Å². The van der Waals surface area contributed by atoms with Gasteiger partial charge in [-0.3, -0.25) is 9.88 Å². The number of rotatable bonds is 5. The number of halogens is 4. The normalized spacial score (nSPS) is 18.1. The summed E-state index contributed by atoms with van der Waals surface area (Å²) in [5, 5.41) is 0. The molecule has 38 heavy (non-hydrogen) atoms. The molecule has 0 saturated carbocycles. The number of esters is 1. The number of hydrogen-bond acceptors (Lipinski definition) is 6. The average Bonchev–Trinajstić information content (AvgIpc) is 2.93. The fraction of sp³-hybridized carbons (Fsp3) is 0.464. The first-order chi connectivity index (χ1) is 18.2. The number of ether oxygens (including phenoxy) is 1. The van der Waals surface area contributed by atoms with Gasteiger partial charge in [-0.05, 0) is 86.0 Å². The number of nitrogens with zero attached hydrogens (tertiary/aromatic N) is 4. The van der Waals surface area contributed by atoms with Gasteiger partial charge in [0.2, 0.25) is 0 Å². The van der Waals surface area contributed by atoms with Gasteiger partial charge in [-0.1, -0.05) is 18.6 Å². The first-order valence-electron chi connectivity index (χ1n) is 12.9. The summed E-state index contributed by atoms with van der Waals surface area (Å²) in [5.41, 5.74) is 1.42. The van der Waals surface area contributed by atoms with Gasteiger partial charge in [0, 0.05) is 34.4 Å². The van der Waals surface area contributed by atoms with E-state index in [2.05, 4.69) is 30.7 Å². The summed E-state index contributed by atoms with van der Waals surface area (Å²) in [7, 11) is 1.30. The van der Waals surface area contributed by atoms with Crippen molar-refractivity contribution in [2.24, 2.45) is 0 Å². The Hall–Kier alpha value is -2.56. The molecule has 0 N–H and O–H groups in total. The van der Waals surface area contributed by atoms with Crippen LogP contribution in [-0.2, 0) is 17.5 Å². The number of piperidine rings is 2. The SMILES string of the molecule is COC(=O)c1c(CN2CCC(N3CCCCC3)CC2)c(-c2cccc(C(F)(F)F)c2)nc2cc(Br)cnc12. The first kappa shape index (κ1) is 27.0. The number of benzene rings is 1. The molecule has 10 heteroatoms. The number of carbonyl (C=O) groups excluding carboxylic acids is 1. The van der Waals surface area contributed by atoms with Gasteiger partial charge in [-0.25, -0.2) is 9.78 Å². The zero-order chi connectivity index (χ0) is 26.9. The lowest BCUT2D eigenvalue weighted by Gasteiger charge is -2.40. The first-order valence-corrected chi connectivity index (χ1v) is 13.7. The Bertz CT molecular complexity index is 1320. The third kappa shape index (κ3) is 5.72. The van der Waals surface area contributed by atoms with Gasteiger partial charge in [-0.15, -0.1) is 0 Å². The molecule has 0 aliphatic carbocycles. The van der Waals surface area contributed by atoms with E-state index >= 15 is 0 Å². The lowest BCUT2D eigenvalue weighted by Crippen LogP contribution is -2.46. The van der Waals surface area contributed by atoms with Crippen LogP contribution in [0.3, 0.4) is 0 Å². The predicted molar refractivity (Wildman–Crippen MR) is 143 cm³/mol. The van der Waals surface area contributed by atoms with E-state index in [1.54, 1.807) is 18.3 Å². The minimum absolute atomic E-state index is 0.246. The molecule has 2 aromatic heterocycles. The number of hydrogen-bond donors (Lipinski definition) is 0. The Morgan fingerprint density at radius 2 is 1.84 bits per heavy atom. The van der Waals surface area contributed by atoms with Crippen molar-refractivity contribution in [2.45, 2.75) is 50.9 Å². The summed E-state index contributed by atoms with van der Waals surface area (Å²) < 4.78 is 46.6. The second-order valence-electron chi connectivity index (χ2n) is 10.0. The summed E-state index contributed by atoms with van der Waals surface area (Å²) in [4.78, 5) is 27.2. The molecular formula is C28H30BrF3N4O2. The maximum absolute atomic E-state index is 13.6. The minimum atomic E-state index is -4.50. The zero-order valence-corrected chi connectivity index (χ0v) is 22.8. The Morgan fingerprint density at radius 1 is 1.11 bits per heavy atom. The smallest absolute Gasteiger partial charge is 0.416 e. The van der Waals surface area contributed by atoms with E-state index in [-0.39, 0.29) is 5.56 Å². The molecule has 5 rings (SSSR count). The minimum Gasteiger partial charge on any atom is -0.465 e. The third-order valence-corrected chi connectivity index (χ3v) is 8.02. The van der Waals surface area contributed by atoms with Crippen molar-refractivity contribution >= 4 is 32.9 Å². The molecule has 0 atom stereocenters. The molecule has 3 aromatic rings. The van der Waals surface area contributed by atoms with Crippen molar-refractivity contribution in [3.05, 3.63) is 57.7 Å². The molecule has 2 aliphatic heterocycles. The van der Waals surface area contributed by atoms with Crippen LogP contribution in [-0.4, -0.2) is 65.1 Å². The highest BCUT2D eigenvalue weighted by Crippen LogP contribution is 2.36. The molecule has 2 fully saturated rings. The van der Waals surface area contributed by atoms with E-state index < -0.39 is 17.7 Å². The van der Waals surface area contributed by atoms with Gasteiger partial charge >= 0.3 is 12.1 Å². The average molecular weight is 591 g/mol. The maximum Gasteiger partial charge on any atom is 0.416 e. The number of aromatic nitrogens is 2. The number of alkyl halides is 3. The highest BCUT2D eigenvalue weighted by molar-refractivity contribution is 9.10. The van der Waals surface area contributed by atoms with E-state index in [1.165, 1.54) is 32.4 Å². The van der Waals surface area contributed by atoms with Crippen molar-refractivity contribution < 1.29 is 22.7 Å². The number of methoxy groups -OCH3 is 1. The van der Waals surface area contributed by atoms with E-state index in [0.717, 1.165) is 51.2 Å². The number of carbonyl (C=O) groups is 1. The van der Waals surface area contributed by atoms with Crippen LogP contribution in [0.15, 0.2) is 41.0 Å². The van der Waals surface area contributed by atoms with Crippen LogP contribution in [0.5, 0.6) is 0 Å². The van der Waals surface area contributed by atoms with Gasteiger partial charge in [0.15, 0.2) is 0 Å². The van der Waals surface area contributed by atoms with E-state index in [0.29, 0.717) is 44.9 Å². The molecule has 1 aromatic carbocycles. The van der Waals surface area contributed by atoms with Crippen LogP contribution in [0, 0.1) is 0 Å².